The lowest BCUT2D eigenvalue weighted by atomic mass is 10.2. The van der Waals surface area contributed by atoms with Crippen LogP contribution in [0.5, 0.6) is 0 Å². The minimum Gasteiger partial charge on any atom is -0.271 e. The molecule has 0 radical (unpaired) electrons. The number of halogens is 1. The molecule has 0 spiro atoms. The van der Waals surface area contributed by atoms with Crippen LogP contribution in [0, 0.1) is 6.92 Å². The van der Waals surface area contributed by atoms with Crippen molar-refractivity contribution in [3.05, 3.63) is 16.9 Å². The third-order valence-corrected chi connectivity index (χ3v) is 2.87. The Morgan fingerprint density at radius 1 is 1.36 bits per heavy atom. The lowest BCUT2D eigenvalue weighted by Gasteiger charge is -2.00. The molecule has 0 unspecified atom stereocenters. The van der Waals surface area contributed by atoms with E-state index in [0.717, 1.165) is 23.0 Å². The molecule has 0 amide bonds. The predicted molar refractivity (Wildman–Crippen MR) is 64.3 cm³/mol. The minimum absolute atomic E-state index is 0.764. The maximum atomic E-state index is 5.90. The highest BCUT2D eigenvalue weighted by Crippen LogP contribution is 2.12. The molecule has 0 saturated heterocycles. The molecule has 0 saturated carbocycles. The van der Waals surface area contributed by atoms with E-state index in [4.69, 9.17) is 11.6 Å². The Hall–Kier alpha value is -0.150. The zero-order valence-electron chi connectivity index (χ0n) is 8.54. The van der Waals surface area contributed by atoms with Crippen molar-refractivity contribution in [3.63, 3.8) is 0 Å². The lowest BCUT2D eigenvalue weighted by molar-refractivity contribution is 0.540. The summed E-state index contributed by atoms with van der Waals surface area (Å²) in [6, 6.07) is 0. The molecule has 0 aliphatic rings. The first-order chi connectivity index (χ1) is 6.74. The fraction of sp³-hybridized carbons (Fsp3) is 0.700. The van der Waals surface area contributed by atoms with E-state index in [-0.39, 0.29) is 0 Å². The van der Waals surface area contributed by atoms with Crippen LogP contribution in [0.15, 0.2) is 6.20 Å². The summed E-state index contributed by atoms with van der Waals surface area (Å²) in [7, 11) is 0. The van der Waals surface area contributed by atoms with Gasteiger partial charge in [0.25, 0.3) is 0 Å². The third kappa shape index (κ3) is 3.93. The number of aromatic nitrogens is 2. The summed E-state index contributed by atoms with van der Waals surface area (Å²) in [6.45, 7) is 2.90. The molecular weight excluding hydrogens is 216 g/mol. The second kappa shape index (κ2) is 6.36. The third-order valence-electron chi connectivity index (χ3n) is 2.18. The molecular formula is C10H17ClN2S. The van der Waals surface area contributed by atoms with Crippen molar-refractivity contribution >= 4 is 24.2 Å². The van der Waals surface area contributed by atoms with Crippen LogP contribution >= 0.6 is 24.2 Å². The Balaban J connectivity index is 2.18. The average Bonchev–Trinajstić information content (AvgIpc) is 2.46. The second-order valence-electron chi connectivity index (χ2n) is 3.46. The number of nitrogens with zero attached hydrogens (tertiary/aromatic N) is 2. The molecule has 14 heavy (non-hydrogen) atoms. The van der Waals surface area contributed by atoms with E-state index in [1.807, 2.05) is 17.8 Å². The van der Waals surface area contributed by atoms with Gasteiger partial charge in [0.1, 0.15) is 0 Å². The normalized spacial score (nSPS) is 10.8. The van der Waals surface area contributed by atoms with E-state index in [0.29, 0.717) is 0 Å². The molecule has 2 nitrogen and oxygen atoms in total. The van der Waals surface area contributed by atoms with Crippen molar-refractivity contribution in [3.8, 4) is 0 Å². The van der Waals surface area contributed by atoms with Crippen LogP contribution in [0.4, 0.5) is 0 Å². The van der Waals surface area contributed by atoms with E-state index >= 15 is 0 Å². The highest BCUT2D eigenvalue weighted by atomic mass is 35.5. The zero-order chi connectivity index (χ0) is 10.4. The maximum absolute atomic E-state index is 5.90. The first-order valence-corrected chi connectivity index (χ1v) is 6.05. The first-order valence-electron chi connectivity index (χ1n) is 5.04. The highest BCUT2D eigenvalue weighted by Gasteiger charge is 2.00. The van der Waals surface area contributed by atoms with Gasteiger partial charge in [-0.05, 0) is 25.5 Å². The molecule has 1 aromatic heterocycles. The van der Waals surface area contributed by atoms with Gasteiger partial charge in [-0.25, -0.2) is 0 Å². The van der Waals surface area contributed by atoms with Crippen molar-refractivity contribution in [1.29, 1.82) is 0 Å². The van der Waals surface area contributed by atoms with Crippen LogP contribution in [0.25, 0.3) is 0 Å². The van der Waals surface area contributed by atoms with E-state index in [2.05, 4.69) is 17.7 Å². The molecule has 0 fully saturated rings. The fourth-order valence-corrected chi connectivity index (χ4v) is 1.72. The second-order valence-corrected chi connectivity index (χ2v) is 4.32. The van der Waals surface area contributed by atoms with Gasteiger partial charge in [-0.2, -0.15) is 17.7 Å². The van der Waals surface area contributed by atoms with Crippen molar-refractivity contribution in [2.45, 2.75) is 39.2 Å². The lowest BCUT2D eigenvalue weighted by Crippen LogP contribution is -1.98. The molecule has 0 bridgehead atoms. The molecule has 1 heterocycles. The van der Waals surface area contributed by atoms with Gasteiger partial charge in [0.2, 0.25) is 0 Å². The summed E-state index contributed by atoms with van der Waals surface area (Å²) in [5, 5.41) is 5.06. The SMILES string of the molecule is Cc1nn(CCCCCCS)cc1Cl. The van der Waals surface area contributed by atoms with Crippen molar-refractivity contribution < 1.29 is 0 Å². The minimum atomic E-state index is 0.764. The van der Waals surface area contributed by atoms with Gasteiger partial charge in [0, 0.05) is 12.7 Å². The maximum Gasteiger partial charge on any atom is 0.0814 e. The Morgan fingerprint density at radius 2 is 2.07 bits per heavy atom. The number of rotatable bonds is 6. The highest BCUT2D eigenvalue weighted by molar-refractivity contribution is 7.80. The van der Waals surface area contributed by atoms with Crippen molar-refractivity contribution in [1.82, 2.24) is 9.78 Å². The smallest absolute Gasteiger partial charge is 0.0814 e. The monoisotopic (exact) mass is 232 g/mol. The van der Waals surface area contributed by atoms with Gasteiger partial charge in [0.15, 0.2) is 0 Å². The molecule has 0 aromatic carbocycles. The zero-order valence-corrected chi connectivity index (χ0v) is 10.2. The van der Waals surface area contributed by atoms with Crippen LogP contribution in [-0.4, -0.2) is 15.5 Å². The van der Waals surface area contributed by atoms with E-state index < -0.39 is 0 Å². The number of hydrogen-bond donors (Lipinski definition) is 1. The average molecular weight is 233 g/mol. The van der Waals surface area contributed by atoms with E-state index in [9.17, 15) is 0 Å². The van der Waals surface area contributed by atoms with E-state index in [1.165, 1.54) is 25.7 Å². The van der Waals surface area contributed by atoms with Gasteiger partial charge in [-0.15, -0.1) is 0 Å². The first kappa shape index (κ1) is 11.9. The van der Waals surface area contributed by atoms with Crippen LogP contribution in [0.1, 0.15) is 31.4 Å². The summed E-state index contributed by atoms with van der Waals surface area (Å²) in [6.07, 6.45) is 6.79. The van der Waals surface area contributed by atoms with Gasteiger partial charge in [-0.1, -0.05) is 24.4 Å². The Labute approximate surface area is 96.1 Å². The standard InChI is InChI=1S/C10H17ClN2S/c1-9-10(11)8-13(12-9)6-4-2-3-5-7-14/h8,14H,2-7H2,1H3. The molecule has 0 atom stereocenters. The summed E-state index contributed by atoms with van der Waals surface area (Å²) in [5.41, 5.74) is 0.919. The molecule has 80 valence electrons. The van der Waals surface area contributed by atoms with Crippen LogP contribution in [0.3, 0.4) is 0 Å². The number of hydrogen-bond acceptors (Lipinski definition) is 2. The molecule has 1 rings (SSSR count). The quantitative estimate of drug-likeness (QED) is 0.589. The van der Waals surface area contributed by atoms with Crippen molar-refractivity contribution in [2.24, 2.45) is 0 Å². The van der Waals surface area contributed by atoms with Gasteiger partial charge in [0.05, 0.1) is 10.7 Å². The van der Waals surface area contributed by atoms with Gasteiger partial charge >= 0.3 is 0 Å². The number of unbranched alkanes of at least 4 members (excludes halogenated alkanes) is 3. The summed E-state index contributed by atoms with van der Waals surface area (Å²) in [4.78, 5) is 0. The summed E-state index contributed by atoms with van der Waals surface area (Å²) >= 11 is 10.1. The molecule has 0 aliphatic carbocycles. The molecule has 0 aliphatic heterocycles. The van der Waals surface area contributed by atoms with Gasteiger partial charge in [-0.3, -0.25) is 4.68 Å². The fourth-order valence-electron chi connectivity index (χ4n) is 1.35. The largest absolute Gasteiger partial charge is 0.271 e. The van der Waals surface area contributed by atoms with Crippen LogP contribution < -0.4 is 0 Å². The molecule has 0 N–H and O–H groups in total. The number of thiol groups is 1. The Kier molecular flexibility index (Phi) is 5.41. The van der Waals surface area contributed by atoms with Crippen molar-refractivity contribution in [2.75, 3.05) is 5.75 Å². The van der Waals surface area contributed by atoms with E-state index in [1.54, 1.807) is 0 Å². The Morgan fingerprint density at radius 3 is 2.64 bits per heavy atom. The molecule has 1 aromatic rings. The summed E-state index contributed by atoms with van der Waals surface area (Å²) in [5.74, 6) is 0.993. The predicted octanol–water partition coefficient (Wildman–Crippen LogP) is 3.34. The van der Waals surface area contributed by atoms with Gasteiger partial charge < -0.3 is 0 Å². The topological polar surface area (TPSA) is 17.8 Å². The van der Waals surface area contributed by atoms with Crippen LogP contribution in [0.2, 0.25) is 5.02 Å². The summed E-state index contributed by atoms with van der Waals surface area (Å²) < 4.78 is 1.93. The Bertz CT molecular complexity index is 254. The number of aryl methyl sites for hydroxylation is 2. The molecule has 4 heteroatoms. The van der Waals surface area contributed by atoms with Crippen LogP contribution in [-0.2, 0) is 6.54 Å².